The smallest absolute Gasteiger partial charge is 0.0437 e. The van der Waals surface area contributed by atoms with Crippen molar-refractivity contribution in [3.05, 3.63) is 83.9 Å². The van der Waals surface area contributed by atoms with Gasteiger partial charge in [0.25, 0.3) is 0 Å². The number of rotatable bonds is 2. The van der Waals surface area contributed by atoms with Crippen molar-refractivity contribution in [2.45, 2.75) is 20.3 Å². The summed E-state index contributed by atoms with van der Waals surface area (Å²) < 4.78 is 5.60. The molecule has 0 spiro atoms. The van der Waals surface area contributed by atoms with Crippen LogP contribution in [0.5, 0.6) is 0 Å². The standard InChI is InChI=1S/C27H20S2/c1-3-17-13-15-21-19-9-5-7-11-23(19)29-27(21)25(17)24-16(2)12-14-20-18-8-4-6-10-22(18)28-26(20)24/h4-15H,3H2,1-2H3. The Morgan fingerprint density at radius 2 is 1.14 bits per heavy atom. The molecule has 0 radical (unpaired) electrons. The van der Waals surface area contributed by atoms with Crippen LogP contribution in [0, 0.1) is 6.92 Å². The molecule has 0 aliphatic carbocycles. The Balaban J connectivity index is 1.83. The van der Waals surface area contributed by atoms with Gasteiger partial charge >= 0.3 is 0 Å². The summed E-state index contributed by atoms with van der Waals surface area (Å²) in [4.78, 5) is 0. The molecule has 0 aliphatic rings. The average Bonchev–Trinajstić information content (AvgIpc) is 3.31. The predicted molar refractivity (Wildman–Crippen MR) is 132 cm³/mol. The first-order valence-electron chi connectivity index (χ1n) is 10.1. The third-order valence-electron chi connectivity index (χ3n) is 6.02. The van der Waals surface area contributed by atoms with E-state index in [1.807, 2.05) is 22.7 Å². The molecule has 0 atom stereocenters. The van der Waals surface area contributed by atoms with Crippen LogP contribution in [0.4, 0.5) is 0 Å². The maximum atomic E-state index is 2.35. The van der Waals surface area contributed by atoms with Gasteiger partial charge in [0.2, 0.25) is 0 Å². The molecule has 6 rings (SSSR count). The SMILES string of the molecule is CCc1ccc2c(sc3ccccc32)c1-c1c(C)ccc2c1sc1ccccc12. The van der Waals surface area contributed by atoms with Crippen molar-refractivity contribution in [3.8, 4) is 11.1 Å². The molecule has 2 aromatic heterocycles. The van der Waals surface area contributed by atoms with Crippen LogP contribution < -0.4 is 0 Å². The number of aryl methyl sites for hydroxylation is 2. The zero-order valence-electron chi connectivity index (χ0n) is 16.5. The summed E-state index contributed by atoms with van der Waals surface area (Å²) in [7, 11) is 0. The van der Waals surface area contributed by atoms with Crippen molar-refractivity contribution < 1.29 is 0 Å². The highest BCUT2D eigenvalue weighted by Gasteiger charge is 2.19. The highest BCUT2D eigenvalue weighted by Crippen LogP contribution is 2.47. The molecular weight excluding hydrogens is 388 g/mol. The highest BCUT2D eigenvalue weighted by molar-refractivity contribution is 7.27. The summed E-state index contributed by atoms with van der Waals surface area (Å²) >= 11 is 3.88. The van der Waals surface area contributed by atoms with E-state index in [1.54, 1.807) is 0 Å². The van der Waals surface area contributed by atoms with Crippen LogP contribution in [0.2, 0.25) is 0 Å². The quantitative estimate of drug-likeness (QED) is 0.268. The van der Waals surface area contributed by atoms with E-state index in [1.165, 1.54) is 62.6 Å². The second kappa shape index (κ2) is 6.41. The lowest BCUT2D eigenvalue weighted by Crippen LogP contribution is -1.91. The Labute approximate surface area is 178 Å². The van der Waals surface area contributed by atoms with Crippen LogP contribution in [0.15, 0.2) is 72.8 Å². The van der Waals surface area contributed by atoms with Gasteiger partial charge in [-0.15, -0.1) is 22.7 Å². The van der Waals surface area contributed by atoms with E-state index < -0.39 is 0 Å². The average molecular weight is 409 g/mol. The van der Waals surface area contributed by atoms with Crippen molar-refractivity contribution in [3.63, 3.8) is 0 Å². The zero-order valence-corrected chi connectivity index (χ0v) is 18.1. The molecule has 6 aromatic rings. The number of fused-ring (bicyclic) bond motifs is 6. The summed E-state index contributed by atoms with van der Waals surface area (Å²) in [5, 5.41) is 5.51. The zero-order chi connectivity index (χ0) is 19.5. The van der Waals surface area contributed by atoms with E-state index in [4.69, 9.17) is 0 Å². The number of hydrogen-bond donors (Lipinski definition) is 0. The van der Waals surface area contributed by atoms with Gasteiger partial charge in [-0.1, -0.05) is 67.6 Å². The van der Waals surface area contributed by atoms with E-state index in [-0.39, 0.29) is 0 Å². The first-order valence-corrected chi connectivity index (χ1v) is 11.7. The van der Waals surface area contributed by atoms with Crippen molar-refractivity contribution in [2.24, 2.45) is 0 Å². The second-order valence-corrected chi connectivity index (χ2v) is 9.76. The van der Waals surface area contributed by atoms with Crippen LogP contribution >= 0.6 is 22.7 Å². The second-order valence-electron chi connectivity index (χ2n) is 7.66. The molecular formula is C27H20S2. The monoisotopic (exact) mass is 408 g/mol. The molecule has 0 fully saturated rings. The molecule has 29 heavy (non-hydrogen) atoms. The first-order chi connectivity index (χ1) is 14.3. The first kappa shape index (κ1) is 17.2. The Bertz CT molecular complexity index is 1550. The van der Waals surface area contributed by atoms with Gasteiger partial charge in [0.05, 0.1) is 0 Å². The third-order valence-corrected chi connectivity index (χ3v) is 8.43. The molecule has 0 amide bonds. The van der Waals surface area contributed by atoms with Gasteiger partial charge in [-0.25, -0.2) is 0 Å². The van der Waals surface area contributed by atoms with E-state index in [0.717, 1.165) is 6.42 Å². The van der Waals surface area contributed by atoms with Gasteiger partial charge < -0.3 is 0 Å². The van der Waals surface area contributed by atoms with E-state index in [9.17, 15) is 0 Å². The molecule has 0 bridgehead atoms. The molecule has 140 valence electrons. The van der Waals surface area contributed by atoms with E-state index in [2.05, 4.69) is 86.6 Å². The van der Waals surface area contributed by atoms with Crippen molar-refractivity contribution in [1.29, 1.82) is 0 Å². The van der Waals surface area contributed by atoms with Crippen LogP contribution in [0.3, 0.4) is 0 Å². The molecule has 0 N–H and O–H groups in total. The van der Waals surface area contributed by atoms with Crippen molar-refractivity contribution in [1.82, 2.24) is 0 Å². The third kappa shape index (κ3) is 2.43. The lowest BCUT2D eigenvalue weighted by molar-refractivity contribution is 1.15. The van der Waals surface area contributed by atoms with E-state index in [0.29, 0.717) is 0 Å². The topological polar surface area (TPSA) is 0 Å². The maximum absolute atomic E-state index is 2.35. The molecule has 0 unspecified atom stereocenters. The number of thiophene rings is 2. The van der Waals surface area contributed by atoms with Crippen LogP contribution in [-0.2, 0) is 6.42 Å². The van der Waals surface area contributed by atoms with Gasteiger partial charge in [-0.3, -0.25) is 0 Å². The summed E-state index contributed by atoms with van der Waals surface area (Å²) in [5.41, 5.74) is 5.68. The van der Waals surface area contributed by atoms with Crippen LogP contribution in [-0.4, -0.2) is 0 Å². The van der Waals surface area contributed by atoms with Crippen LogP contribution in [0.1, 0.15) is 18.1 Å². The lowest BCUT2D eigenvalue weighted by atomic mass is 9.92. The van der Waals surface area contributed by atoms with Gasteiger partial charge in [0, 0.05) is 51.5 Å². The minimum atomic E-state index is 1.04. The fourth-order valence-electron chi connectivity index (χ4n) is 4.60. The highest BCUT2D eigenvalue weighted by atomic mass is 32.1. The minimum absolute atomic E-state index is 1.04. The Morgan fingerprint density at radius 1 is 0.586 bits per heavy atom. The Hall–Kier alpha value is -2.68. The fourth-order valence-corrected chi connectivity index (χ4v) is 7.18. The van der Waals surface area contributed by atoms with Gasteiger partial charge in [-0.2, -0.15) is 0 Å². The van der Waals surface area contributed by atoms with Crippen LogP contribution in [0.25, 0.3) is 51.5 Å². The number of benzene rings is 4. The van der Waals surface area contributed by atoms with Crippen molar-refractivity contribution >= 4 is 63.0 Å². The molecule has 0 nitrogen and oxygen atoms in total. The predicted octanol–water partition coefficient (Wildman–Crippen LogP) is 8.96. The summed E-state index contributed by atoms with van der Waals surface area (Å²) in [6.07, 6.45) is 1.04. The van der Waals surface area contributed by atoms with Gasteiger partial charge in [0.1, 0.15) is 0 Å². The minimum Gasteiger partial charge on any atom is -0.135 e. The largest absolute Gasteiger partial charge is 0.135 e. The normalized spacial score (nSPS) is 11.9. The molecule has 2 heteroatoms. The summed E-state index contributed by atoms with van der Waals surface area (Å²) in [5.74, 6) is 0. The van der Waals surface area contributed by atoms with Gasteiger partial charge in [-0.05, 0) is 36.6 Å². The molecule has 0 saturated heterocycles. The maximum Gasteiger partial charge on any atom is 0.0437 e. The fraction of sp³-hybridized carbons (Fsp3) is 0.111. The molecule has 4 aromatic carbocycles. The molecule has 0 aliphatic heterocycles. The molecule has 2 heterocycles. The molecule has 0 saturated carbocycles. The summed E-state index contributed by atoms with van der Waals surface area (Å²) in [6.45, 7) is 4.54. The lowest BCUT2D eigenvalue weighted by Gasteiger charge is -2.14. The van der Waals surface area contributed by atoms with Crippen molar-refractivity contribution in [2.75, 3.05) is 0 Å². The number of hydrogen-bond acceptors (Lipinski definition) is 2. The Morgan fingerprint density at radius 3 is 1.76 bits per heavy atom. The van der Waals surface area contributed by atoms with Gasteiger partial charge in [0.15, 0.2) is 0 Å². The van der Waals surface area contributed by atoms with E-state index >= 15 is 0 Å². The Kier molecular flexibility index (Phi) is 3.80. The summed E-state index contributed by atoms with van der Waals surface area (Å²) in [6, 6.07) is 26.9.